The molecule has 1 saturated heterocycles. The van der Waals surface area contributed by atoms with Crippen molar-refractivity contribution in [3.8, 4) is 0 Å². The Kier molecular flexibility index (Phi) is 2.65. The quantitative estimate of drug-likeness (QED) is 0.669. The van der Waals surface area contributed by atoms with Crippen molar-refractivity contribution in [1.82, 2.24) is 0 Å². The first kappa shape index (κ1) is 11.4. The summed E-state index contributed by atoms with van der Waals surface area (Å²) in [4.78, 5) is 0. The van der Waals surface area contributed by atoms with E-state index in [9.17, 15) is 0 Å². The first-order valence-electron chi connectivity index (χ1n) is 6.53. The summed E-state index contributed by atoms with van der Waals surface area (Å²) in [5.41, 5.74) is 0.637. The molecule has 1 aliphatic carbocycles. The van der Waals surface area contributed by atoms with Gasteiger partial charge in [-0.3, -0.25) is 0 Å². The Bertz CT molecular complexity index is 248. The molecular weight excluding hydrogens is 184 g/mol. The molecule has 0 amide bonds. The van der Waals surface area contributed by atoms with E-state index < -0.39 is 0 Å². The molecule has 0 aromatic heterocycles. The van der Waals surface area contributed by atoms with E-state index in [0.29, 0.717) is 11.5 Å². The Balaban J connectivity index is 2.16. The van der Waals surface area contributed by atoms with Crippen LogP contribution in [0.15, 0.2) is 0 Å². The van der Waals surface area contributed by atoms with Gasteiger partial charge in [-0.1, -0.05) is 27.7 Å². The number of hydrogen-bond donors (Lipinski definition) is 0. The summed E-state index contributed by atoms with van der Waals surface area (Å²) in [7, 11) is 0. The van der Waals surface area contributed by atoms with Crippen LogP contribution in [0, 0.1) is 17.3 Å². The van der Waals surface area contributed by atoms with E-state index in [4.69, 9.17) is 4.74 Å². The Labute approximate surface area is 94.6 Å². The largest absolute Gasteiger partial charge is 0.371 e. The molecule has 0 aromatic carbocycles. The molecule has 2 rings (SSSR count). The average Bonchev–Trinajstić information content (AvgIpc) is 2.30. The van der Waals surface area contributed by atoms with E-state index >= 15 is 0 Å². The van der Waals surface area contributed by atoms with Crippen molar-refractivity contribution in [2.24, 2.45) is 17.3 Å². The van der Waals surface area contributed by atoms with Crippen LogP contribution >= 0.6 is 0 Å². The van der Waals surface area contributed by atoms with Gasteiger partial charge in [0, 0.05) is 0 Å². The zero-order valence-corrected chi connectivity index (χ0v) is 11.0. The van der Waals surface area contributed by atoms with Crippen LogP contribution in [-0.4, -0.2) is 11.7 Å². The molecule has 0 aromatic rings. The van der Waals surface area contributed by atoms with Gasteiger partial charge in [0.1, 0.15) is 0 Å². The van der Waals surface area contributed by atoms with Crippen LogP contribution in [0.1, 0.15) is 60.3 Å². The van der Waals surface area contributed by atoms with Gasteiger partial charge in [-0.05, 0) is 49.9 Å². The van der Waals surface area contributed by atoms with E-state index in [0.717, 1.165) is 11.8 Å². The SMILES string of the molecule is CC(C)CC1OC2(C)CC1(C)CCC2C. The van der Waals surface area contributed by atoms with Crippen molar-refractivity contribution in [2.45, 2.75) is 72.0 Å². The Morgan fingerprint density at radius 2 is 2.00 bits per heavy atom. The first-order chi connectivity index (χ1) is 6.86. The molecule has 1 saturated carbocycles. The second-order valence-electron chi connectivity index (χ2n) is 6.82. The van der Waals surface area contributed by atoms with Crippen molar-refractivity contribution < 1.29 is 4.74 Å². The standard InChI is InChI=1S/C14H26O/c1-10(2)8-12-13(4)7-6-11(3)14(5,9-13)15-12/h10-12H,6-9H2,1-5H3. The van der Waals surface area contributed by atoms with Gasteiger partial charge in [-0.15, -0.1) is 0 Å². The van der Waals surface area contributed by atoms with E-state index in [1.807, 2.05) is 0 Å². The summed E-state index contributed by atoms with van der Waals surface area (Å²) >= 11 is 0. The lowest BCUT2D eigenvalue weighted by Gasteiger charge is -2.38. The fourth-order valence-electron chi connectivity index (χ4n) is 3.58. The molecule has 2 fully saturated rings. The molecule has 0 N–H and O–H groups in total. The van der Waals surface area contributed by atoms with Crippen LogP contribution in [-0.2, 0) is 4.74 Å². The number of hydrogen-bond acceptors (Lipinski definition) is 1. The molecule has 4 unspecified atom stereocenters. The lowest BCUT2D eigenvalue weighted by Crippen LogP contribution is -2.37. The van der Waals surface area contributed by atoms with Gasteiger partial charge < -0.3 is 4.74 Å². The Hall–Kier alpha value is -0.0400. The van der Waals surface area contributed by atoms with Crippen LogP contribution in [0.3, 0.4) is 0 Å². The van der Waals surface area contributed by atoms with Gasteiger partial charge in [0.15, 0.2) is 0 Å². The van der Waals surface area contributed by atoms with Crippen molar-refractivity contribution in [3.05, 3.63) is 0 Å². The maximum atomic E-state index is 6.40. The third kappa shape index (κ3) is 1.84. The number of ether oxygens (including phenoxy) is 1. The summed E-state index contributed by atoms with van der Waals surface area (Å²) in [6.07, 6.45) is 5.73. The molecule has 1 heterocycles. The smallest absolute Gasteiger partial charge is 0.0690 e. The Morgan fingerprint density at radius 1 is 1.33 bits per heavy atom. The molecule has 0 radical (unpaired) electrons. The van der Waals surface area contributed by atoms with E-state index in [1.54, 1.807) is 0 Å². The van der Waals surface area contributed by atoms with Crippen molar-refractivity contribution >= 4 is 0 Å². The van der Waals surface area contributed by atoms with Crippen molar-refractivity contribution in [1.29, 1.82) is 0 Å². The summed E-state index contributed by atoms with van der Waals surface area (Å²) in [5, 5.41) is 0. The summed E-state index contributed by atoms with van der Waals surface area (Å²) < 4.78 is 6.40. The molecule has 2 aliphatic rings. The average molecular weight is 210 g/mol. The fourth-order valence-corrected chi connectivity index (χ4v) is 3.58. The third-order valence-electron chi connectivity index (χ3n) is 4.82. The summed E-state index contributed by atoms with van der Waals surface area (Å²) in [6, 6.07) is 0. The lowest BCUT2D eigenvalue weighted by atomic mass is 9.65. The minimum absolute atomic E-state index is 0.173. The predicted octanol–water partition coefficient (Wildman–Crippen LogP) is 4.02. The normalized spacial score (nSPS) is 50.0. The summed E-state index contributed by atoms with van der Waals surface area (Å²) in [6.45, 7) is 11.7. The molecule has 88 valence electrons. The highest BCUT2D eigenvalue weighted by molar-refractivity contribution is 5.04. The van der Waals surface area contributed by atoms with Crippen molar-refractivity contribution in [3.63, 3.8) is 0 Å². The topological polar surface area (TPSA) is 9.23 Å². The van der Waals surface area contributed by atoms with Crippen LogP contribution in [0.25, 0.3) is 0 Å². The molecule has 1 aliphatic heterocycles. The minimum Gasteiger partial charge on any atom is -0.371 e. The fraction of sp³-hybridized carbons (Fsp3) is 1.00. The van der Waals surface area contributed by atoms with Gasteiger partial charge in [-0.2, -0.15) is 0 Å². The molecule has 15 heavy (non-hydrogen) atoms. The Morgan fingerprint density at radius 3 is 2.53 bits per heavy atom. The van der Waals surface area contributed by atoms with Gasteiger partial charge in [0.2, 0.25) is 0 Å². The van der Waals surface area contributed by atoms with E-state index in [-0.39, 0.29) is 5.60 Å². The van der Waals surface area contributed by atoms with Crippen LogP contribution in [0.5, 0.6) is 0 Å². The maximum Gasteiger partial charge on any atom is 0.0690 e. The monoisotopic (exact) mass is 210 g/mol. The van der Waals surface area contributed by atoms with Crippen LogP contribution in [0.2, 0.25) is 0 Å². The highest BCUT2D eigenvalue weighted by Crippen LogP contribution is 2.56. The third-order valence-corrected chi connectivity index (χ3v) is 4.82. The highest BCUT2D eigenvalue weighted by atomic mass is 16.5. The zero-order chi connectivity index (χ0) is 11.3. The molecule has 1 heteroatoms. The van der Waals surface area contributed by atoms with Gasteiger partial charge >= 0.3 is 0 Å². The number of fused-ring (bicyclic) bond motifs is 2. The molecule has 0 spiro atoms. The lowest BCUT2D eigenvalue weighted by molar-refractivity contribution is -0.0667. The first-order valence-corrected chi connectivity index (χ1v) is 6.53. The van der Waals surface area contributed by atoms with Gasteiger partial charge in [-0.25, -0.2) is 0 Å². The van der Waals surface area contributed by atoms with Gasteiger partial charge in [0.25, 0.3) is 0 Å². The summed E-state index contributed by atoms with van der Waals surface area (Å²) in [5.74, 6) is 1.49. The minimum atomic E-state index is 0.173. The number of rotatable bonds is 2. The zero-order valence-electron chi connectivity index (χ0n) is 11.0. The van der Waals surface area contributed by atoms with Gasteiger partial charge in [0.05, 0.1) is 11.7 Å². The maximum absolute atomic E-state index is 6.40. The highest BCUT2D eigenvalue weighted by Gasteiger charge is 2.55. The molecule has 1 nitrogen and oxygen atoms in total. The second kappa shape index (κ2) is 3.48. The predicted molar refractivity (Wildman–Crippen MR) is 63.9 cm³/mol. The molecular formula is C14H26O. The van der Waals surface area contributed by atoms with Crippen molar-refractivity contribution in [2.75, 3.05) is 0 Å². The molecule has 4 atom stereocenters. The van der Waals surface area contributed by atoms with Crippen LogP contribution < -0.4 is 0 Å². The van der Waals surface area contributed by atoms with Crippen LogP contribution in [0.4, 0.5) is 0 Å². The van der Waals surface area contributed by atoms with E-state index in [1.165, 1.54) is 25.7 Å². The van der Waals surface area contributed by atoms with E-state index in [2.05, 4.69) is 34.6 Å². The second-order valence-corrected chi connectivity index (χ2v) is 6.82. The molecule has 2 bridgehead atoms.